The Morgan fingerprint density at radius 3 is 2.52 bits per heavy atom. The molecule has 0 aliphatic heterocycles. The van der Waals surface area contributed by atoms with Gasteiger partial charge in [-0.3, -0.25) is 4.98 Å². The van der Waals surface area contributed by atoms with Crippen molar-refractivity contribution in [1.29, 1.82) is 0 Å². The number of benzene rings is 2. The standard InChI is InChI=1S/C19H15N3S/c1-13-17(22-16-9-3-2-8-15(16)21-13)12-23-18-10-4-6-14-7-5-11-20-19(14)18/h2-11H,12H2,1H3. The molecule has 3 nitrogen and oxygen atoms in total. The number of pyridine rings is 1. The molecule has 0 saturated carbocycles. The van der Waals surface area contributed by atoms with E-state index in [9.17, 15) is 0 Å². The monoisotopic (exact) mass is 317 g/mol. The molecule has 4 aromatic rings. The van der Waals surface area contributed by atoms with E-state index in [1.54, 1.807) is 11.8 Å². The number of fused-ring (bicyclic) bond motifs is 2. The van der Waals surface area contributed by atoms with Gasteiger partial charge in [-0.05, 0) is 31.2 Å². The third kappa shape index (κ3) is 2.78. The van der Waals surface area contributed by atoms with Crippen LogP contribution in [0.25, 0.3) is 21.9 Å². The lowest BCUT2D eigenvalue weighted by molar-refractivity contribution is 1.08. The van der Waals surface area contributed by atoms with Crippen molar-refractivity contribution in [3.8, 4) is 0 Å². The number of para-hydroxylation sites is 3. The molecule has 2 aromatic heterocycles. The highest BCUT2D eigenvalue weighted by Gasteiger charge is 2.08. The van der Waals surface area contributed by atoms with E-state index in [4.69, 9.17) is 4.98 Å². The zero-order valence-electron chi connectivity index (χ0n) is 12.7. The third-order valence-electron chi connectivity index (χ3n) is 3.80. The van der Waals surface area contributed by atoms with Crippen LogP contribution in [0.3, 0.4) is 0 Å². The molecule has 0 spiro atoms. The summed E-state index contributed by atoms with van der Waals surface area (Å²) in [5.41, 5.74) is 4.97. The molecule has 0 amide bonds. The van der Waals surface area contributed by atoms with Gasteiger partial charge < -0.3 is 0 Å². The first kappa shape index (κ1) is 14.2. The van der Waals surface area contributed by atoms with Crippen molar-refractivity contribution < 1.29 is 0 Å². The van der Waals surface area contributed by atoms with Crippen LogP contribution in [0.4, 0.5) is 0 Å². The Kier molecular flexibility index (Phi) is 3.67. The quantitative estimate of drug-likeness (QED) is 0.510. The summed E-state index contributed by atoms with van der Waals surface area (Å²) in [6, 6.07) is 18.3. The number of nitrogens with zero attached hydrogens (tertiary/aromatic N) is 3. The van der Waals surface area contributed by atoms with Crippen molar-refractivity contribution in [1.82, 2.24) is 15.0 Å². The van der Waals surface area contributed by atoms with E-state index >= 15 is 0 Å². The first-order valence-corrected chi connectivity index (χ1v) is 8.48. The van der Waals surface area contributed by atoms with E-state index < -0.39 is 0 Å². The van der Waals surface area contributed by atoms with Gasteiger partial charge in [-0.2, -0.15) is 0 Å². The van der Waals surface area contributed by atoms with Crippen molar-refractivity contribution in [2.24, 2.45) is 0 Å². The smallest absolute Gasteiger partial charge is 0.0890 e. The summed E-state index contributed by atoms with van der Waals surface area (Å²) in [6.45, 7) is 2.02. The zero-order chi connectivity index (χ0) is 15.6. The molecule has 0 aliphatic carbocycles. The second-order valence-electron chi connectivity index (χ2n) is 5.36. The molecule has 0 atom stereocenters. The summed E-state index contributed by atoms with van der Waals surface area (Å²) in [6.07, 6.45) is 1.84. The number of aryl methyl sites for hydroxylation is 1. The Morgan fingerprint density at radius 1 is 0.870 bits per heavy atom. The van der Waals surface area contributed by atoms with Crippen LogP contribution < -0.4 is 0 Å². The molecule has 4 rings (SSSR count). The minimum atomic E-state index is 0.791. The van der Waals surface area contributed by atoms with E-state index in [1.165, 1.54) is 10.3 Å². The molecule has 112 valence electrons. The van der Waals surface area contributed by atoms with Crippen LogP contribution in [0.2, 0.25) is 0 Å². The van der Waals surface area contributed by atoms with E-state index in [0.717, 1.165) is 33.7 Å². The van der Waals surface area contributed by atoms with Gasteiger partial charge in [-0.15, -0.1) is 11.8 Å². The normalized spacial score (nSPS) is 11.2. The number of hydrogen-bond acceptors (Lipinski definition) is 4. The first-order valence-electron chi connectivity index (χ1n) is 7.50. The Morgan fingerprint density at radius 2 is 1.65 bits per heavy atom. The van der Waals surface area contributed by atoms with Crippen LogP contribution in [0, 0.1) is 6.92 Å². The second-order valence-corrected chi connectivity index (χ2v) is 6.38. The fourth-order valence-corrected chi connectivity index (χ4v) is 3.65. The minimum Gasteiger partial charge on any atom is -0.255 e. The van der Waals surface area contributed by atoms with Crippen LogP contribution >= 0.6 is 11.8 Å². The number of thioether (sulfide) groups is 1. The summed E-state index contributed by atoms with van der Waals surface area (Å²) in [7, 11) is 0. The maximum atomic E-state index is 4.77. The van der Waals surface area contributed by atoms with Crippen molar-refractivity contribution in [3.05, 3.63) is 72.2 Å². The summed E-state index contributed by atoms with van der Waals surface area (Å²) in [5, 5.41) is 1.17. The van der Waals surface area contributed by atoms with Gasteiger partial charge in [-0.1, -0.05) is 30.3 Å². The molecule has 0 radical (unpaired) electrons. The lowest BCUT2D eigenvalue weighted by Crippen LogP contribution is -1.97. The van der Waals surface area contributed by atoms with E-state index in [0.29, 0.717) is 0 Å². The number of rotatable bonds is 3. The molecule has 0 aliphatic rings. The van der Waals surface area contributed by atoms with Crippen LogP contribution in [0.1, 0.15) is 11.4 Å². The van der Waals surface area contributed by atoms with E-state index in [1.807, 2.05) is 43.5 Å². The lowest BCUT2D eigenvalue weighted by Gasteiger charge is -2.08. The second kappa shape index (κ2) is 5.97. The molecule has 0 N–H and O–H groups in total. The highest BCUT2D eigenvalue weighted by molar-refractivity contribution is 7.98. The highest BCUT2D eigenvalue weighted by Crippen LogP contribution is 2.29. The summed E-state index contributed by atoms with van der Waals surface area (Å²) >= 11 is 1.76. The third-order valence-corrected chi connectivity index (χ3v) is 4.86. The zero-order valence-corrected chi connectivity index (χ0v) is 13.5. The predicted octanol–water partition coefficient (Wildman–Crippen LogP) is 4.78. The fraction of sp³-hybridized carbons (Fsp3) is 0.105. The van der Waals surface area contributed by atoms with Gasteiger partial charge >= 0.3 is 0 Å². The maximum absolute atomic E-state index is 4.77. The summed E-state index contributed by atoms with van der Waals surface area (Å²) < 4.78 is 0. The number of hydrogen-bond donors (Lipinski definition) is 0. The summed E-state index contributed by atoms with van der Waals surface area (Å²) in [5.74, 6) is 0.791. The molecule has 23 heavy (non-hydrogen) atoms. The molecule has 0 bridgehead atoms. The van der Waals surface area contributed by atoms with Crippen LogP contribution in [0.15, 0.2) is 65.7 Å². The average Bonchev–Trinajstić information content (AvgIpc) is 2.60. The Balaban J connectivity index is 1.67. The average molecular weight is 317 g/mol. The maximum Gasteiger partial charge on any atom is 0.0890 e. The molecular weight excluding hydrogens is 302 g/mol. The molecule has 4 heteroatoms. The van der Waals surface area contributed by atoms with Crippen molar-refractivity contribution >= 4 is 33.7 Å². The topological polar surface area (TPSA) is 38.7 Å². The van der Waals surface area contributed by atoms with Crippen molar-refractivity contribution in [2.45, 2.75) is 17.6 Å². The lowest BCUT2D eigenvalue weighted by atomic mass is 10.2. The number of aromatic nitrogens is 3. The van der Waals surface area contributed by atoms with Gasteiger partial charge in [0.2, 0.25) is 0 Å². The van der Waals surface area contributed by atoms with E-state index in [-0.39, 0.29) is 0 Å². The largest absolute Gasteiger partial charge is 0.255 e. The first-order chi connectivity index (χ1) is 11.3. The van der Waals surface area contributed by atoms with Gasteiger partial charge in [0.15, 0.2) is 0 Å². The minimum absolute atomic E-state index is 0.791. The highest BCUT2D eigenvalue weighted by atomic mass is 32.2. The van der Waals surface area contributed by atoms with Crippen molar-refractivity contribution in [2.75, 3.05) is 0 Å². The molecule has 2 heterocycles. The fourth-order valence-electron chi connectivity index (χ4n) is 2.60. The van der Waals surface area contributed by atoms with Gasteiger partial charge in [0.1, 0.15) is 0 Å². The van der Waals surface area contributed by atoms with Gasteiger partial charge in [-0.25, -0.2) is 9.97 Å². The predicted molar refractivity (Wildman–Crippen MR) is 95.6 cm³/mol. The van der Waals surface area contributed by atoms with Gasteiger partial charge in [0, 0.05) is 22.2 Å². The Hall–Kier alpha value is -2.46. The SMILES string of the molecule is Cc1nc2ccccc2nc1CSc1cccc2cccnc12. The van der Waals surface area contributed by atoms with Gasteiger partial charge in [0.25, 0.3) is 0 Å². The molecule has 0 unspecified atom stereocenters. The molecule has 2 aromatic carbocycles. The Bertz CT molecular complexity index is 993. The Labute approximate surface area is 138 Å². The molecular formula is C19H15N3S. The summed E-state index contributed by atoms with van der Waals surface area (Å²) in [4.78, 5) is 15.1. The van der Waals surface area contributed by atoms with Crippen molar-refractivity contribution in [3.63, 3.8) is 0 Å². The molecule has 0 fully saturated rings. The van der Waals surface area contributed by atoms with Crippen LogP contribution in [-0.4, -0.2) is 15.0 Å². The van der Waals surface area contributed by atoms with Crippen LogP contribution in [0.5, 0.6) is 0 Å². The van der Waals surface area contributed by atoms with Crippen LogP contribution in [-0.2, 0) is 5.75 Å². The molecule has 0 saturated heterocycles. The van der Waals surface area contributed by atoms with E-state index in [2.05, 4.69) is 34.2 Å². The van der Waals surface area contributed by atoms with Gasteiger partial charge in [0.05, 0.1) is 27.9 Å².